The largest absolute Gasteiger partial charge is 0.0729 e. The molecule has 4 rings (SSSR count). The van der Waals surface area contributed by atoms with E-state index >= 15 is 0 Å². The summed E-state index contributed by atoms with van der Waals surface area (Å²) in [5, 5.41) is 5.60. The number of fused-ring (bicyclic) bond motifs is 3. The second kappa shape index (κ2) is 4.03. The van der Waals surface area contributed by atoms with Crippen molar-refractivity contribution in [3.05, 3.63) is 46.8 Å². The van der Waals surface area contributed by atoms with E-state index in [2.05, 4.69) is 48.6 Å². The fourth-order valence-electron chi connectivity index (χ4n) is 2.64. The molecule has 0 amide bonds. The fraction of sp³-hybridized carbons (Fsp3) is 0.294. The maximum absolute atomic E-state index is 2.45. The van der Waals surface area contributed by atoms with E-state index in [-0.39, 0.29) is 0 Å². The summed E-state index contributed by atoms with van der Waals surface area (Å²) in [6, 6.07) is 13.3. The standard InChI is InChI=1S/C15H12.C2H6/c1-2-4-11-6-13-8-15-9-14(15)7-12(13)5-10(11)3-1;1-2/h1-8,14-15H,9H2;1-2H3. The number of benzene rings is 2. The molecule has 2 atom stereocenters. The second-order valence-corrected chi connectivity index (χ2v) is 4.73. The summed E-state index contributed by atoms with van der Waals surface area (Å²) in [4.78, 5) is 0. The molecular weight excluding hydrogens is 204 g/mol. The van der Waals surface area contributed by atoms with Gasteiger partial charge in [-0.25, -0.2) is 0 Å². The zero-order chi connectivity index (χ0) is 11.8. The van der Waals surface area contributed by atoms with Crippen LogP contribution in [-0.2, 0) is 0 Å². The van der Waals surface area contributed by atoms with E-state index in [1.54, 1.807) is 0 Å². The summed E-state index contributed by atoms with van der Waals surface area (Å²) in [6.07, 6.45) is 6.27. The highest BCUT2D eigenvalue weighted by Gasteiger charge is 2.34. The van der Waals surface area contributed by atoms with E-state index in [0.717, 1.165) is 11.8 Å². The molecule has 0 radical (unpaired) electrons. The minimum atomic E-state index is 0.846. The van der Waals surface area contributed by atoms with Crippen LogP contribution >= 0.6 is 0 Å². The molecule has 1 fully saturated rings. The lowest BCUT2D eigenvalue weighted by molar-refractivity contribution is 1.06. The molecule has 2 aliphatic carbocycles. The van der Waals surface area contributed by atoms with Gasteiger partial charge in [-0.2, -0.15) is 0 Å². The van der Waals surface area contributed by atoms with Gasteiger partial charge in [0.05, 0.1) is 0 Å². The van der Waals surface area contributed by atoms with Gasteiger partial charge >= 0.3 is 0 Å². The van der Waals surface area contributed by atoms with Crippen molar-refractivity contribution in [2.45, 2.75) is 20.3 Å². The summed E-state index contributed by atoms with van der Waals surface area (Å²) in [5.41, 5.74) is 0. The molecule has 0 bridgehead atoms. The van der Waals surface area contributed by atoms with Gasteiger partial charge in [0.2, 0.25) is 0 Å². The zero-order valence-corrected chi connectivity index (χ0v) is 10.5. The van der Waals surface area contributed by atoms with Crippen LogP contribution in [0.1, 0.15) is 20.3 Å². The normalized spacial score (nSPS) is 23.4. The van der Waals surface area contributed by atoms with Crippen LogP contribution in [0.15, 0.2) is 36.4 Å². The van der Waals surface area contributed by atoms with Gasteiger partial charge in [0.15, 0.2) is 0 Å². The molecular formula is C17H18. The Morgan fingerprint density at radius 3 is 1.76 bits per heavy atom. The van der Waals surface area contributed by atoms with Gasteiger partial charge in [0, 0.05) is 0 Å². The van der Waals surface area contributed by atoms with E-state index in [9.17, 15) is 0 Å². The van der Waals surface area contributed by atoms with Crippen molar-refractivity contribution in [2.75, 3.05) is 0 Å². The number of hydrogen-bond donors (Lipinski definition) is 0. The van der Waals surface area contributed by atoms with Crippen molar-refractivity contribution in [2.24, 2.45) is 11.8 Å². The maximum Gasteiger partial charge on any atom is -0.0155 e. The van der Waals surface area contributed by atoms with Crippen molar-refractivity contribution in [3.63, 3.8) is 0 Å². The van der Waals surface area contributed by atoms with E-state index in [0.29, 0.717) is 0 Å². The van der Waals surface area contributed by atoms with Gasteiger partial charge in [-0.15, -0.1) is 0 Å². The molecule has 0 saturated heterocycles. The smallest absolute Gasteiger partial charge is 0.0155 e. The van der Waals surface area contributed by atoms with E-state index in [4.69, 9.17) is 0 Å². The van der Waals surface area contributed by atoms with Crippen LogP contribution in [0.5, 0.6) is 0 Å². The number of hydrogen-bond acceptors (Lipinski definition) is 0. The van der Waals surface area contributed by atoms with Crippen LogP contribution in [-0.4, -0.2) is 0 Å². The lowest BCUT2D eigenvalue weighted by Crippen LogP contribution is -2.26. The summed E-state index contributed by atoms with van der Waals surface area (Å²) in [5.74, 6) is 1.69. The third-order valence-corrected chi connectivity index (χ3v) is 3.63. The van der Waals surface area contributed by atoms with Gasteiger partial charge in [-0.05, 0) is 51.6 Å². The molecule has 0 spiro atoms. The van der Waals surface area contributed by atoms with Crippen LogP contribution in [0.4, 0.5) is 0 Å². The maximum atomic E-state index is 2.45. The molecule has 17 heavy (non-hydrogen) atoms. The zero-order valence-electron chi connectivity index (χ0n) is 10.5. The predicted molar refractivity (Wildman–Crippen MR) is 75.1 cm³/mol. The molecule has 2 aromatic rings. The molecule has 86 valence electrons. The molecule has 0 nitrogen and oxygen atoms in total. The first-order valence-electron chi connectivity index (χ1n) is 6.63. The van der Waals surface area contributed by atoms with Crippen molar-refractivity contribution in [3.8, 4) is 0 Å². The Morgan fingerprint density at radius 1 is 0.824 bits per heavy atom. The highest BCUT2D eigenvalue weighted by molar-refractivity contribution is 5.83. The average Bonchev–Trinajstić information content (AvgIpc) is 3.13. The van der Waals surface area contributed by atoms with E-state index < -0.39 is 0 Å². The van der Waals surface area contributed by atoms with Crippen molar-refractivity contribution >= 4 is 22.9 Å². The Morgan fingerprint density at radius 2 is 1.29 bits per heavy atom. The predicted octanol–water partition coefficient (Wildman–Crippen LogP) is 3.08. The first-order valence-corrected chi connectivity index (χ1v) is 6.63. The second-order valence-electron chi connectivity index (χ2n) is 4.73. The van der Waals surface area contributed by atoms with Crippen LogP contribution < -0.4 is 10.4 Å². The van der Waals surface area contributed by atoms with Crippen LogP contribution in [0, 0.1) is 11.8 Å². The minimum Gasteiger partial charge on any atom is -0.0729 e. The Labute approximate surface area is 102 Å². The Balaban J connectivity index is 0.000000431. The Bertz CT molecular complexity index is 605. The van der Waals surface area contributed by atoms with Crippen molar-refractivity contribution < 1.29 is 0 Å². The van der Waals surface area contributed by atoms with Gasteiger partial charge < -0.3 is 0 Å². The Kier molecular flexibility index (Phi) is 2.51. The summed E-state index contributed by atoms with van der Waals surface area (Å²) in [6.45, 7) is 4.00. The molecule has 0 heterocycles. The molecule has 0 aliphatic heterocycles. The summed E-state index contributed by atoms with van der Waals surface area (Å²) < 4.78 is 0. The van der Waals surface area contributed by atoms with Gasteiger partial charge in [-0.3, -0.25) is 0 Å². The van der Waals surface area contributed by atoms with Gasteiger partial charge in [0.25, 0.3) is 0 Å². The quantitative estimate of drug-likeness (QED) is 0.642. The lowest BCUT2D eigenvalue weighted by Gasteiger charge is -2.02. The molecule has 2 aliphatic rings. The molecule has 2 aromatic carbocycles. The van der Waals surface area contributed by atoms with Crippen LogP contribution in [0.25, 0.3) is 22.9 Å². The van der Waals surface area contributed by atoms with Crippen LogP contribution in [0.2, 0.25) is 0 Å². The summed E-state index contributed by atoms with van der Waals surface area (Å²) in [7, 11) is 0. The van der Waals surface area contributed by atoms with Gasteiger partial charge in [0.1, 0.15) is 0 Å². The molecule has 1 saturated carbocycles. The third kappa shape index (κ3) is 1.78. The first kappa shape index (κ1) is 10.6. The molecule has 2 unspecified atom stereocenters. The van der Waals surface area contributed by atoms with Crippen LogP contribution in [0.3, 0.4) is 0 Å². The Hall–Kier alpha value is -1.56. The van der Waals surface area contributed by atoms with Crippen molar-refractivity contribution in [1.29, 1.82) is 0 Å². The van der Waals surface area contributed by atoms with Crippen molar-refractivity contribution in [1.82, 2.24) is 0 Å². The summed E-state index contributed by atoms with van der Waals surface area (Å²) >= 11 is 0. The SMILES string of the molecule is C1=c2cc3ccccc3cc2=CC2CC12.CC. The average molecular weight is 222 g/mol. The fourth-order valence-corrected chi connectivity index (χ4v) is 2.64. The van der Waals surface area contributed by atoms with Gasteiger partial charge in [-0.1, -0.05) is 50.3 Å². The minimum absolute atomic E-state index is 0.846. The van der Waals surface area contributed by atoms with E-state index in [1.807, 2.05) is 13.8 Å². The molecule has 0 aromatic heterocycles. The topological polar surface area (TPSA) is 0 Å². The number of rotatable bonds is 0. The highest BCUT2D eigenvalue weighted by Crippen LogP contribution is 2.41. The third-order valence-electron chi connectivity index (χ3n) is 3.63. The monoisotopic (exact) mass is 222 g/mol. The molecule has 0 N–H and O–H groups in total. The van der Waals surface area contributed by atoms with E-state index in [1.165, 1.54) is 27.6 Å². The lowest BCUT2D eigenvalue weighted by atomic mass is 10.0. The highest BCUT2D eigenvalue weighted by atomic mass is 14.4. The first-order chi connectivity index (χ1) is 8.40. The molecule has 0 heteroatoms.